The van der Waals surface area contributed by atoms with Crippen molar-refractivity contribution in [3.05, 3.63) is 35.6 Å². The van der Waals surface area contributed by atoms with E-state index in [1.54, 1.807) is 6.07 Å². The number of nitrogens with one attached hydrogen (secondary N) is 1. The van der Waals surface area contributed by atoms with E-state index in [4.69, 9.17) is 0 Å². The molecule has 1 aromatic rings. The largest absolute Gasteiger partial charge is 0.388 e. The summed E-state index contributed by atoms with van der Waals surface area (Å²) >= 11 is 0. The van der Waals surface area contributed by atoms with Crippen molar-refractivity contribution in [3.63, 3.8) is 0 Å². The number of rotatable bonds is 5. The zero-order valence-electron chi connectivity index (χ0n) is 11.7. The van der Waals surface area contributed by atoms with Gasteiger partial charge in [0.1, 0.15) is 5.82 Å². The smallest absolute Gasteiger partial charge is 0.220 e. The summed E-state index contributed by atoms with van der Waals surface area (Å²) in [6.07, 6.45) is 5.57. The van der Waals surface area contributed by atoms with Crippen molar-refractivity contribution >= 4 is 5.91 Å². The lowest BCUT2D eigenvalue weighted by atomic mass is 9.85. The van der Waals surface area contributed by atoms with Crippen molar-refractivity contribution in [3.8, 4) is 0 Å². The third kappa shape index (κ3) is 4.60. The zero-order chi connectivity index (χ0) is 14.4. The zero-order valence-corrected chi connectivity index (χ0v) is 11.7. The minimum atomic E-state index is -0.729. The van der Waals surface area contributed by atoms with Gasteiger partial charge in [-0.15, -0.1) is 0 Å². The van der Waals surface area contributed by atoms with Gasteiger partial charge < -0.3 is 10.4 Å². The van der Waals surface area contributed by atoms with Gasteiger partial charge >= 0.3 is 0 Å². The van der Waals surface area contributed by atoms with Crippen molar-refractivity contribution in [2.24, 2.45) is 0 Å². The summed E-state index contributed by atoms with van der Waals surface area (Å²) in [4.78, 5) is 11.8. The summed E-state index contributed by atoms with van der Waals surface area (Å²) in [5.41, 5.74) is 0.0868. The summed E-state index contributed by atoms with van der Waals surface area (Å²) in [5.74, 6) is -0.368. The molecule has 3 nitrogen and oxygen atoms in total. The number of halogens is 1. The molecule has 0 aromatic heterocycles. The second kappa shape index (κ2) is 6.84. The summed E-state index contributed by atoms with van der Waals surface area (Å²) in [6, 6.07) is 6.29. The van der Waals surface area contributed by atoms with Crippen LogP contribution in [0.15, 0.2) is 24.3 Å². The van der Waals surface area contributed by atoms with Crippen molar-refractivity contribution in [2.45, 2.75) is 50.5 Å². The number of hydrogen-bond acceptors (Lipinski definition) is 2. The van der Waals surface area contributed by atoms with E-state index in [0.717, 1.165) is 37.7 Å². The second-order valence-electron chi connectivity index (χ2n) is 5.69. The SMILES string of the molecule is O=C(CCc1cccc(F)c1)NCC1(O)CCCCC1. The summed E-state index contributed by atoms with van der Waals surface area (Å²) < 4.78 is 13.0. The van der Waals surface area contributed by atoms with E-state index in [-0.39, 0.29) is 11.7 Å². The Bertz CT molecular complexity index is 456. The molecule has 0 saturated heterocycles. The highest BCUT2D eigenvalue weighted by Gasteiger charge is 2.29. The Balaban J connectivity index is 1.72. The molecule has 0 spiro atoms. The number of carbonyl (C=O) groups excluding carboxylic acids is 1. The van der Waals surface area contributed by atoms with Crippen LogP contribution in [-0.4, -0.2) is 23.2 Å². The average Bonchev–Trinajstić information content (AvgIpc) is 2.44. The van der Waals surface area contributed by atoms with E-state index < -0.39 is 5.60 Å². The predicted octanol–water partition coefficient (Wildman–Crippen LogP) is 2.57. The molecule has 4 heteroatoms. The lowest BCUT2D eigenvalue weighted by Gasteiger charge is -2.32. The molecular weight excluding hydrogens is 257 g/mol. The molecular formula is C16H22FNO2. The fourth-order valence-electron chi connectivity index (χ4n) is 2.69. The van der Waals surface area contributed by atoms with Gasteiger partial charge in [-0.1, -0.05) is 31.4 Å². The Morgan fingerprint density at radius 1 is 1.30 bits per heavy atom. The van der Waals surface area contributed by atoms with Crippen LogP contribution < -0.4 is 5.32 Å². The maximum Gasteiger partial charge on any atom is 0.220 e. The van der Waals surface area contributed by atoms with Crippen molar-refractivity contribution < 1.29 is 14.3 Å². The van der Waals surface area contributed by atoms with E-state index in [2.05, 4.69) is 5.32 Å². The van der Waals surface area contributed by atoms with Crippen molar-refractivity contribution in [2.75, 3.05) is 6.54 Å². The monoisotopic (exact) mass is 279 g/mol. The van der Waals surface area contributed by atoms with E-state index in [1.165, 1.54) is 12.1 Å². The molecule has 1 amide bonds. The van der Waals surface area contributed by atoms with Crippen LogP contribution in [0, 0.1) is 5.82 Å². The maximum atomic E-state index is 13.0. The molecule has 2 N–H and O–H groups in total. The van der Waals surface area contributed by atoms with Crippen LogP contribution in [0.5, 0.6) is 0 Å². The van der Waals surface area contributed by atoms with Crippen molar-refractivity contribution in [1.82, 2.24) is 5.32 Å². The first-order chi connectivity index (χ1) is 9.57. The van der Waals surface area contributed by atoms with Crippen LogP contribution in [0.25, 0.3) is 0 Å². The topological polar surface area (TPSA) is 49.3 Å². The molecule has 1 fully saturated rings. The Labute approximate surface area is 119 Å². The van der Waals surface area contributed by atoms with E-state index in [9.17, 15) is 14.3 Å². The molecule has 0 heterocycles. The summed E-state index contributed by atoms with van der Waals surface area (Å²) in [5, 5.41) is 13.1. The molecule has 0 bridgehead atoms. The molecule has 1 aromatic carbocycles. The molecule has 110 valence electrons. The van der Waals surface area contributed by atoms with Gasteiger partial charge in [-0.05, 0) is 37.0 Å². The molecule has 0 radical (unpaired) electrons. The third-order valence-corrected chi connectivity index (χ3v) is 3.93. The van der Waals surface area contributed by atoms with Gasteiger partial charge in [-0.2, -0.15) is 0 Å². The van der Waals surface area contributed by atoms with Crippen LogP contribution in [0.3, 0.4) is 0 Å². The predicted molar refractivity (Wildman–Crippen MR) is 75.8 cm³/mol. The molecule has 0 atom stereocenters. The van der Waals surface area contributed by atoms with E-state index in [1.807, 2.05) is 6.07 Å². The minimum Gasteiger partial charge on any atom is -0.388 e. The summed E-state index contributed by atoms with van der Waals surface area (Å²) in [7, 11) is 0. The van der Waals surface area contributed by atoms with E-state index in [0.29, 0.717) is 19.4 Å². The van der Waals surface area contributed by atoms with Crippen LogP contribution in [0.2, 0.25) is 0 Å². The normalized spacial score (nSPS) is 17.7. The first-order valence-electron chi connectivity index (χ1n) is 7.31. The Morgan fingerprint density at radius 3 is 2.75 bits per heavy atom. The number of hydrogen-bond donors (Lipinski definition) is 2. The Hall–Kier alpha value is -1.42. The lowest BCUT2D eigenvalue weighted by Crippen LogP contribution is -2.44. The van der Waals surface area contributed by atoms with Gasteiger partial charge in [-0.3, -0.25) is 4.79 Å². The number of aryl methyl sites for hydroxylation is 1. The van der Waals surface area contributed by atoms with Gasteiger partial charge in [0.25, 0.3) is 0 Å². The lowest BCUT2D eigenvalue weighted by molar-refractivity contribution is -0.122. The maximum absolute atomic E-state index is 13.0. The van der Waals surface area contributed by atoms with Gasteiger partial charge in [0.2, 0.25) is 5.91 Å². The molecule has 0 aliphatic heterocycles. The molecule has 20 heavy (non-hydrogen) atoms. The highest BCUT2D eigenvalue weighted by molar-refractivity contribution is 5.76. The Kier molecular flexibility index (Phi) is 5.12. The first kappa shape index (κ1) is 15.0. The number of benzene rings is 1. The van der Waals surface area contributed by atoms with Gasteiger partial charge in [-0.25, -0.2) is 4.39 Å². The Morgan fingerprint density at radius 2 is 2.05 bits per heavy atom. The second-order valence-corrected chi connectivity index (χ2v) is 5.69. The van der Waals surface area contributed by atoms with Crippen LogP contribution in [-0.2, 0) is 11.2 Å². The molecule has 1 saturated carbocycles. The molecule has 0 unspecified atom stereocenters. The fourth-order valence-corrected chi connectivity index (χ4v) is 2.69. The quantitative estimate of drug-likeness (QED) is 0.870. The minimum absolute atomic E-state index is 0.0896. The van der Waals surface area contributed by atoms with Crippen molar-refractivity contribution in [1.29, 1.82) is 0 Å². The van der Waals surface area contributed by atoms with Gasteiger partial charge in [0.15, 0.2) is 0 Å². The van der Waals surface area contributed by atoms with Gasteiger partial charge in [0.05, 0.1) is 5.60 Å². The number of carbonyl (C=O) groups is 1. The standard InChI is InChI=1S/C16H22FNO2/c17-14-6-4-5-13(11-14)7-8-15(19)18-12-16(20)9-2-1-3-10-16/h4-6,11,20H,1-3,7-10,12H2,(H,18,19). The highest BCUT2D eigenvalue weighted by Crippen LogP contribution is 2.27. The van der Waals surface area contributed by atoms with Crippen LogP contribution in [0.4, 0.5) is 4.39 Å². The summed E-state index contributed by atoms with van der Waals surface area (Å²) in [6.45, 7) is 0.328. The average molecular weight is 279 g/mol. The fraction of sp³-hybridized carbons (Fsp3) is 0.562. The molecule has 1 aliphatic rings. The third-order valence-electron chi connectivity index (χ3n) is 3.93. The highest BCUT2D eigenvalue weighted by atomic mass is 19.1. The van der Waals surface area contributed by atoms with Crippen LogP contribution in [0.1, 0.15) is 44.1 Å². The molecule has 1 aliphatic carbocycles. The number of amides is 1. The number of aliphatic hydroxyl groups is 1. The molecule has 2 rings (SSSR count). The first-order valence-corrected chi connectivity index (χ1v) is 7.31. The van der Waals surface area contributed by atoms with E-state index >= 15 is 0 Å². The van der Waals surface area contributed by atoms with Crippen LogP contribution >= 0.6 is 0 Å². The van der Waals surface area contributed by atoms with Gasteiger partial charge in [0, 0.05) is 13.0 Å².